The topological polar surface area (TPSA) is 59.3 Å². The van der Waals surface area contributed by atoms with Crippen LogP contribution in [0.2, 0.25) is 0 Å². The molecule has 0 fully saturated rings. The summed E-state index contributed by atoms with van der Waals surface area (Å²) in [5.41, 5.74) is 0.836. The van der Waals surface area contributed by atoms with E-state index < -0.39 is 0 Å². The Kier molecular flexibility index (Phi) is 5.45. The molecule has 0 bridgehead atoms. The number of nitrogens with zero attached hydrogens (tertiary/aromatic N) is 3. The Balaban J connectivity index is 2.27. The van der Waals surface area contributed by atoms with Crippen molar-refractivity contribution < 1.29 is 0 Å². The number of rotatable bonds is 6. The second-order valence-corrected chi connectivity index (χ2v) is 8.53. The highest BCUT2D eigenvalue weighted by Crippen LogP contribution is 2.29. The minimum absolute atomic E-state index is 0.106. The molecule has 0 spiro atoms. The van der Waals surface area contributed by atoms with Gasteiger partial charge in [0, 0.05) is 17.8 Å². The Morgan fingerprint density at radius 3 is 2.57 bits per heavy atom. The first kappa shape index (κ1) is 17.9. The lowest BCUT2D eigenvalue weighted by Crippen LogP contribution is -2.34. The third-order valence-corrected chi connectivity index (χ3v) is 4.88. The van der Waals surface area contributed by atoms with Crippen LogP contribution in [0.15, 0.2) is 10.9 Å². The van der Waals surface area contributed by atoms with Gasteiger partial charge < -0.3 is 5.32 Å². The minimum Gasteiger partial charge on any atom is -0.357 e. The molecule has 0 saturated heterocycles. The van der Waals surface area contributed by atoms with Crippen LogP contribution in [0.4, 0.5) is 5.13 Å². The fourth-order valence-electron chi connectivity index (χ4n) is 2.47. The van der Waals surface area contributed by atoms with E-state index in [1.54, 1.807) is 6.07 Å². The van der Waals surface area contributed by atoms with Gasteiger partial charge in [0.05, 0.1) is 0 Å². The number of aryl methyl sites for hydroxylation is 1. The van der Waals surface area contributed by atoms with E-state index in [1.165, 1.54) is 15.9 Å². The molecule has 0 aliphatic heterocycles. The molecule has 2 rings (SSSR count). The zero-order valence-electron chi connectivity index (χ0n) is 15.0. The maximum atomic E-state index is 12.1. The minimum atomic E-state index is -0.106. The molecule has 0 saturated carbocycles. The van der Waals surface area contributed by atoms with Crippen molar-refractivity contribution in [2.75, 3.05) is 5.32 Å². The molecule has 6 heteroatoms. The van der Waals surface area contributed by atoms with E-state index in [4.69, 9.17) is 0 Å². The normalized spacial score (nSPS) is 13.7. The lowest BCUT2D eigenvalue weighted by Gasteiger charge is -2.31. The van der Waals surface area contributed by atoms with E-state index >= 15 is 0 Å². The van der Waals surface area contributed by atoms with E-state index in [0.717, 1.165) is 30.1 Å². The van der Waals surface area contributed by atoms with Crippen molar-refractivity contribution in [3.63, 3.8) is 0 Å². The summed E-state index contributed by atoms with van der Waals surface area (Å²) >= 11 is 1.45. The van der Waals surface area contributed by atoms with E-state index in [1.807, 2.05) is 6.92 Å². The molecule has 0 radical (unpaired) electrons. The van der Waals surface area contributed by atoms with Crippen LogP contribution in [-0.4, -0.2) is 20.6 Å². The van der Waals surface area contributed by atoms with Gasteiger partial charge in [-0.05, 0) is 30.6 Å². The third-order valence-electron chi connectivity index (χ3n) is 4.04. The first-order chi connectivity index (χ1) is 10.7. The van der Waals surface area contributed by atoms with Crippen LogP contribution < -0.4 is 10.9 Å². The van der Waals surface area contributed by atoms with Gasteiger partial charge in [0.1, 0.15) is 0 Å². The molecule has 0 amide bonds. The molecular weight excluding hydrogens is 308 g/mol. The van der Waals surface area contributed by atoms with Gasteiger partial charge in [-0.3, -0.25) is 4.79 Å². The van der Waals surface area contributed by atoms with Crippen molar-refractivity contribution >= 4 is 21.4 Å². The van der Waals surface area contributed by atoms with Gasteiger partial charge in [0.25, 0.3) is 5.56 Å². The first-order valence-electron chi connectivity index (χ1n) is 8.37. The van der Waals surface area contributed by atoms with E-state index in [0.29, 0.717) is 16.9 Å². The molecule has 1 unspecified atom stereocenters. The maximum Gasteiger partial charge on any atom is 0.275 e. The summed E-state index contributed by atoms with van der Waals surface area (Å²) in [6.07, 6.45) is 3.00. The first-order valence-corrected chi connectivity index (χ1v) is 9.18. The number of hydrogen-bond donors (Lipinski definition) is 1. The predicted molar refractivity (Wildman–Crippen MR) is 97.4 cm³/mol. The summed E-state index contributed by atoms with van der Waals surface area (Å²) in [6.45, 7) is 13.2. The Morgan fingerprint density at radius 1 is 1.30 bits per heavy atom. The SMILES string of the molecule is CCc1cc(=O)n2nc(NC(CCC(C)C)C(C)(C)C)sc2n1. The molecule has 128 valence electrons. The second kappa shape index (κ2) is 6.99. The monoisotopic (exact) mass is 336 g/mol. The van der Waals surface area contributed by atoms with E-state index in [-0.39, 0.29) is 11.0 Å². The van der Waals surface area contributed by atoms with Gasteiger partial charge in [0.15, 0.2) is 0 Å². The van der Waals surface area contributed by atoms with E-state index in [2.05, 4.69) is 50.0 Å². The van der Waals surface area contributed by atoms with Crippen molar-refractivity contribution in [2.24, 2.45) is 11.3 Å². The quantitative estimate of drug-likeness (QED) is 0.867. The summed E-state index contributed by atoms with van der Waals surface area (Å²) < 4.78 is 1.40. The van der Waals surface area contributed by atoms with Crippen LogP contribution in [0.25, 0.3) is 4.96 Å². The Hall–Kier alpha value is -1.43. The fourth-order valence-corrected chi connectivity index (χ4v) is 3.34. The molecule has 0 aliphatic rings. The standard InChI is InChI=1S/C17H28N4OS/c1-7-12-10-14(22)21-16(18-12)23-15(20-21)19-13(17(4,5)6)9-8-11(2)3/h10-11,13H,7-9H2,1-6H3,(H,19,20). The average Bonchev–Trinajstić information content (AvgIpc) is 2.85. The zero-order chi connectivity index (χ0) is 17.2. The predicted octanol–water partition coefficient (Wildman–Crippen LogP) is 3.98. The fraction of sp³-hybridized carbons (Fsp3) is 0.706. The molecule has 23 heavy (non-hydrogen) atoms. The smallest absolute Gasteiger partial charge is 0.275 e. The number of fused-ring (bicyclic) bond motifs is 1. The van der Waals surface area contributed by atoms with Crippen LogP contribution in [0.3, 0.4) is 0 Å². The van der Waals surface area contributed by atoms with Crippen molar-refractivity contribution in [2.45, 2.75) is 66.8 Å². The van der Waals surface area contributed by atoms with Gasteiger partial charge >= 0.3 is 0 Å². The van der Waals surface area contributed by atoms with Crippen molar-refractivity contribution in [3.8, 4) is 0 Å². The summed E-state index contributed by atoms with van der Waals surface area (Å²) in [6, 6.07) is 1.88. The van der Waals surface area contributed by atoms with Crippen molar-refractivity contribution in [3.05, 3.63) is 22.1 Å². The number of aromatic nitrogens is 3. The molecule has 2 aromatic rings. The second-order valence-electron chi connectivity index (χ2n) is 7.58. The molecule has 2 heterocycles. The highest BCUT2D eigenvalue weighted by atomic mass is 32.1. The highest BCUT2D eigenvalue weighted by Gasteiger charge is 2.25. The Labute approximate surface area is 142 Å². The lowest BCUT2D eigenvalue weighted by atomic mass is 9.83. The average molecular weight is 337 g/mol. The zero-order valence-corrected chi connectivity index (χ0v) is 15.8. The van der Waals surface area contributed by atoms with Crippen LogP contribution in [-0.2, 0) is 6.42 Å². The number of anilines is 1. The van der Waals surface area contributed by atoms with Gasteiger partial charge in [-0.15, -0.1) is 5.10 Å². The van der Waals surface area contributed by atoms with Gasteiger partial charge in [-0.1, -0.05) is 52.9 Å². The van der Waals surface area contributed by atoms with Crippen LogP contribution in [0, 0.1) is 11.3 Å². The maximum absolute atomic E-state index is 12.1. The van der Waals surface area contributed by atoms with Gasteiger partial charge in [-0.2, -0.15) is 4.52 Å². The molecule has 0 aromatic carbocycles. The molecule has 0 aliphatic carbocycles. The molecule has 1 N–H and O–H groups in total. The van der Waals surface area contributed by atoms with Crippen molar-refractivity contribution in [1.82, 2.24) is 14.6 Å². The number of hydrogen-bond acceptors (Lipinski definition) is 5. The van der Waals surface area contributed by atoms with Crippen LogP contribution in [0.5, 0.6) is 0 Å². The molecular formula is C17H28N4OS. The van der Waals surface area contributed by atoms with Gasteiger partial charge in [-0.25, -0.2) is 4.98 Å². The molecule has 5 nitrogen and oxygen atoms in total. The Bertz CT molecular complexity index is 711. The molecule has 1 atom stereocenters. The molecule has 2 aromatic heterocycles. The van der Waals surface area contributed by atoms with Gasteiger partial charge in [0.2, 0.25) is 10.1 Å². The van der Waals surface area contributed by atoms with Crippen molar-refractivity contribution in [1.29, 1.82) is 0 Å². The summed E-state index contributed by atoms with van der Waals surface area (Å²) in [5, 5.41) is 8.72. The largest absolute Gasteiger partial charge is 0.357 e. The van der Waals surface area contributed by atoms with E-state index in [9.17, 15) is 4.79 Å². The number of nitrogens with one attached hydrogen (secondary N) is 1. The van der Waals surface area contributed by atoms with Crippen LogP contribution in [0.1, 0.15) is 60.1 Å². The van der Waals surface area contributed by atoms with Crippen LogP contribution >= 0.6 is 11.3 Å². The highest BCUT2D eigenvalue weighted by molar-refractivity contribution is 7.20. The summed E-state index contributed by atoms with van der Waals surface area (Å²) in [7, 11) is 0. The lowest BCUT2D eigenvalue weighted by molar-refractivity contribution is 0.310. The Morgan fingerprint density at radius 2 is 2.00 bits per heavy atom. The summed E-state index contributed by atoms with van der Waals surface area (Å²) in [4.78, 5) is 17.3. The third kappa shape index (κ3) is 4.53. The summed E-state index contributed by atoms with van der Waals surface area (Å²) in [5.74, 6) is 0.674.